The summed E-state index contributed by atoms with van der Waals surface area (Å²) in [6, 6.07) is 13.2. The molecule has 0 radical (unpaired) electrons. The molecule has 2 aromatic heterocycles. The molecule has 0 aliphatic heterocycles. The number of aromatic nitrogens is 2. The van der Waals surface area contributed by atoms with Crippen LogP contribution >= 0.6 is 15.6 Å². The molecule has 2 aromatic rings. The second kappa shape index (κ2) is 19.4. The fraction of sp³-hybridized carbons (Fsp3) is 0.688. The zero-order valence-electron chi connectivity index (χ0n) is 28.6. The second-order valence-corrected chi connectivity index (χ2v) is 16.4. The molecule has 0 saturated heterocycles. The van der Waals surface area contributed by atoms with E-state index in [1.54, 1.807) is 0 Å². The standard InChI is InChI=1S/C32H54N2O2.2F6P/c1-3-5-7-9-13-19-29(33-25-15-11-16-26-33)21-23-31(35)32(36)24-22-30(20-14-10-8-6-4-2)34-27-17-12-18-28-34;2*1-7(2,3,4,5)6/h11-12,15-18,25-32,35-36H,3-10,13-14,19-24H2,1-2H3;;/q+2;2*-1. The van der Waals surface area contributed by atoms with Crippen molar-refractivity contribution in [2.24, 2.45) is 0 Å². The van der Waals surface area contributed by atoms with Gasteiger partial charge in [-0.2, -0.15) is 0 Å². The summed E-state index contributed by atoms with van der Waals surface area (Å²) in [5.41, 5.74) is 0. The van der Waals surface area contributed by atoms with Crippen LogP contribution in [0.2, 0.25) is 0 Å². The third-order valence-corrected chi connectivity index (χ3v) is 7.64. The Kier molecular flexibility index (Phi) is 18.7. The van der Waals surface area contributed by atoms with E-state index in [0.29, 0.717) is 24.9 Å². The summed E-state index contributed by atoms with van der Waals surface area (Å²) >= 11 is 0. The van der Waals surface area contributed by atoms with Gasteiger partial charge in [0.15, 0.2) is 36.9 Å². The normalized spacial score (nSPS) is 17.2. The van der Waals surface area contributed by atoms with E-state index < -0.39 is 27.8 Å². The first kappa shape index (κ1) is 48.2. The van der Waals surface area contributed by atoms with E-state index in [1.807, 2.05) is 0 Å². The Morgan fingerprint density at radius 1 is 0.400 bits per heavy atom. The van der Waals surface area contributed by atoms with Gasteiger partial charge in [0, 0.05) is 49.9 Å². The number of halogens is 12. The average molecular weight is 789 g/mol. The van der Waals surface area contributed by atoms with Crippen molar-refractivity contribution in [2.75, 3.05) is 0 Å². The van der Waals surface area contributed by atoms with E-state index in [9.17, 15) is 60.6 Å². The van der Waals surface area contributed by atoms with Crippen LogP contribution in [0, 0.1) is 0 Å². The first-order valence-corrected chi connectivity index (χ1v) is 21.0. The summed E-state index contributed by atoms with van der Waals surface area (Å²) in [4.78, 5) is 0. The Bertz CT molecular complexity index is 1060. The summed E-state index contributed by atoms with van der Waals surface area (Å²) < 4.78 is 123. The number of hydrogen-bond donors (Lipinski definition) is 2. The molecule has 18 heteroatoms. The van der Waals surface area contributed by atoms with Gasteiger partial charge < -0.3 is 10.2 Å². The summed E-state index contributed by atoms with van der Waals surface area (Å²) in [7, 11) is -21.3. The van der Waals surface area contributed by atoms with Crippen molar-refractivity contribution in [2.45, 2.75) is 141 Å². The first-order valence-electron chi connectivity index (χ1n) is 17.0. The molecule has 0 bridgehead atoms. The summed E-state index contributed by atoms with van der Waals surface area (Å²) in [6.45, 7) is 4.51. The maximum atomic E-state index is 10.8. The molecule has 0 amide bonds. The van der Waals surface area contributed by atoms with Crippen molar-refractivity contribution < 1.29 is 69.7 Å². The van der Waals surface area contributed by atoms with Gasteiger partial charge in [0.2, 0.25) is 0 Å². The Hall–Kier alpha value is -1.76. The Morgan fingerprint density at radius 2 is 0.660 bits per heavy atom. The Morgan fingerprint density at radius 3 is 0.920 bits per heavy atom. The van der Waals surface area contributed by atoms with E-state index in [2.05, 4.69) is 84.2 Å². The van der Waals surface area contributed by atoms with Crippen LogP contribution in [0.4, 0.5) is 50.4 Å². The van der Waals surface area contributed by atoms with Gasteiger partial charge in [-0.05, 0) is 25.7 Å². The van der Waals surface area contributed by atoms with E-state index in [0.717, 1.165) is 25.7 Å². The molecule has 0 spiro atoms. The molecule has 0 saturated carbocycles. The van der Waals surface area contributed by atoms with E-state index >= 15 is 0 Å². The van der Waals surface area contributed by atoms with Crippen LogP contribution in [0.1, 0.15) is 129 Å². The Balaban J connectivity index is 0.00000143. The molecule has 0 aliphatic carbocycles. The van der Waals surface area contributed by atoms with Gasteiger partial charge >= 0.3 is 66.0 Å². The van der Waals surface area contributed by atoms with Crippen LogP contribution in [0.3, 0.4) is 0 Å². The molecule has 2 rings (SSSR count). The third-order valence-electron chi connectivity index (χ3n) is 7.64. The SMILES string of the molecule is CCCCCCCC(CCC(O)C(O)CCC(CCCCCCC)[n+]1ccccc1)[n+]1ccccc1.F[P-](F)(F)(F)(F)F.F[P-](F)(F)(F)(F)F. The fourth-order valence-corrected chi connectivity index (χ4v) is 5.27. The van der Waals surface area contributed by atoms with Crippen molar-refractivity contribution in [3.63, 3.8) is 0 Å². The summed E-state index contributed by atoms with van der Waals surface area (Å²) in [6.07, 6.45) is 25.4. The first-order chi connectivity index (χ1) is 22.6. The Labute approximate surface area is 287 Å². The number of hydrogen-bond acceptors (Lipinski definition) is 2. The van der Waals surface area contributed by atoms with Crippen LogP contribution in [0.25, 0.3) is 0 Å². The van der Waals surface area contributed by atoms with Gasteiger partial charge in [0.05, 0.1) is 12.2 Å². The summed E-state index contributed by atoms with van der Waals surface area (Å²) in [5, 5.41) is 21.7. The van der Waals surface area contributed by atoms with Crippen LogP contribution in [-0.4, -0.2) is 22.4 Å². The van der Waals surface area contributed by atoms with Gasteiger partial charge in [-0.1, -0.05) is 77.3 Å². The van der Waals surface area contributed by atoms with Gasteiger partial charge in [0.1, 0.15) is 0 Å². The second-order valence-electron chi connectivity index (χ2n) is 12.6. The zero-order chi connectivity index (χ0) is 38.7. The van der Waals surface area contributed by atoms with Crippen molar-refractivity contribution in [1.29, 1.82) is 0 Å². The molecule has 2 N–H and O–H groups in total. The molecule has 0 fully saturated rings. The third kappa shape index (κ3) is 37.5. The number of aliphatic hydroxyl groups excluding tert-OH is 2. The number of aliphatic hydroxyl groups is 2. The molecule has 4 atom stereocenters. The molecule has 4 nitrogen and oxygen atoms in total. The average Bonchev–Trinajstić information content (AvgIpc) is 2.97. The minimum absolute atomic E-state index is 0.380. The van der Waals surface area contributed by atoms with Gasteiger partial charge in [-0.3, -0.25) is 0 Å². The van der Waals surface area contributed by atoms with Gasteiger partial charge in [0.25, 0.3) is 0 Å². The van der Waals surface area contributed by atoms with Crippen molar-refractivity contribution in [3.05, 3.63) is 61.2 Å². The molecule has 4 unspecified atom stereocenters. The topological polar surface area (TPSA) is 48.2 Å². The maximum absolute atomic E-state index is 10.8. The quantitative estimate of drug-likeness (QED) is 0.0573. The predicted molar refractivity (Wildman–Crippen MR) is 176 cm³/mol. The van der Waals surface area contributed by atoms with E-state index in [1.165, 1.54) is 64.2 Å². The van der Waals surface area contributed by atoms with Crippen molar-refractivity contribution in [1.82, 2.24) is 0 Å². The molecule has 298 valence electrons. The molecule has 0 aliphatic rings. The van der Waals surface area contributed by atoms with Crippen LogP contribution in [-0.2, 0) is 0 Å². The molecule has 50 heavy (non-hydrogen) atoms. The van der Waals surface area contributed by atoms with E-state index in [4.69, 9.17) is 0 Å². The van der Waals surface area contributed by atoms with Crippen LogP contribution in [0.15, 0.2) is 61.2 Å². The monoisotopic (exact) mass is 788 g/mol. The molecule has 0 aromatic carbocycles. The predicted octanol–water partition coefficient (Wildman–Crippen LogP) is 13.8. The zero-order valence-corrected chi connectivity index (χ0v) is 30.4. The van der Waals surface area contributed by atoms with Crippen LogP contribution < -0.4 is 9.13 Å². The fourth-order valence-electron chi connectivity index (χ4n) is 5.27. The van der Waals surface area contributed by atoms with Crippen LogP contribution in [0.5, 0.6) is 0 Å². The number of unbranched alkanes of at least 4 members (excludes halogenated alkanes) is 8. The van der Waals surface area contributed by atoms with Crippen molar-refractivity contribution >= 4 is 15.6 Å². The number of nitrogens with zero attached hydrogens (tertiary/aromatic N) is 2. The summed E-state index contributed by atoms with van der Waals surface area (Å²) in [5.74, 6) is 0. The molecule has 2 heterocycles. The number of rotatable bonds is 21. The van der Waals surface area contributed by atoms with Gasteiger partial charge in [-0.15, -0.1) is 0 Å². The van der Waals surface area contributed by atoms with Crippen molar-refractivity contribution in [3.8, 4) is 0 Å². The number of pyridine rings is 2. The van der Waals surface area contributed by atoms with Gasteiger partial charge in [-0.25, -0.2) is 9.13 Å². The molecular weight excluding hydrogens is 734 g/mol. The minimum atomic E-state index is -10.7. The van der Waals surface area contributed by atoms with E-state index in [-0.39, 0.29) is 0 Å². The molecular formula is C32H54F12N2O2P2.